The van der Waals surface area contributed by atoms with Gasteiger partial charge in [0.25, 0.3) is 0 Å². The predicted octanol–water partition coefficient (Wildman–Crippen LogP) is 12.3. The molecule has 0 atom stereocenters. The summed E-state index contributed by atoms with van der Waals surface area (Å²) < 4.78 is 24.9. The van der Waals surface area contributed by atoms with Crippen molar-refractivity contribution in [2.45, 2.75) is 98.7 Å². The van der Waals surface area contributed by atoms with Gasteiger partial charge >= 0.3 is 0 Å². The number of nitrogens with zero attached hydrogens (tertiary/aromatic N) is 4. The highest BCUT2D eigenvalue weighted by atomic mass is 16.5. The first-order valence-corrected chi connectivity index (χ1v) is 22.1. The van der Waals surface area contributed by atoms with Crippen molar-refractivity contribution < 1.29 is 18.9 Å². The third-order valence-corrected chi connectivity index (χ3v) is 16.1. The normalized spacial score (nSPS) is 32.7. The molecule has 24 aliphatic rings. The molecule has 30 rings (SSSR count). The number of aromatic nitrogens is 4. The molecule has 18 heterocycles. The van der Waals surface area contributed by atoms with E-state index < -0.39 is 0 Å². The first kappa shape index (κ1) is 35.0. The molecule has 16 aliphatic heterocycles. The minimum Gasteiger partial charge on any atom is -0.438 e. The van der Waals surface area contributed by atoms with Crippen LogP contribution in [0.2, 0.25) is 0 Å². The average Bonchev–Trinajstić information content (AvgIpc) is 3.25. The second kappa shape index (κ2) is 12.9. The van der Waals surface area contributed by atoms with Crippen molar-refractivity contribution in [2.75, 3.05) is 0 Å². The number of ether oxygens (including phenoxy) is 4. The van der Waals surface area contributed by atoms with Crippen LogP contribution in [-0.4, -0.2) is 19.9 Å². The maximum Gasteiger partial charge on any atom is 0.238 e. The number of hydrogen-bond donors (Lipinski definition) is 0. The topological polar surface area (TPSA) is 88.5 Å². The van der Waals surface area contributed by atoms with Crippen molar-refractivity contribution in [3.8, 4) is 46.5 Å². The zero-order chi connectivity index (χ0) is 39.5. The molecule has 8 nitrogen and oxygen atoms in total. The van der Waals surface area contributed by atoms with Crippen molar-refractivity contribution in [1.29, 1.82) is 0 Å². The number of hydrogen-bond acceptors (Lipinski definition) is 8. The summed E-state index contributed by atoms with van der Waals surface area (Å²) in [5.41, 5.74) is 6.40. The van der Waals surface area contributed by atoms with Gasteiger partial charge in [-0.25, -0.2) is 19.9 Å². The first-order chi connectivity index (χ1) is 29.4. The lowest BCUT2D eigenvalue weighted by Gasteiger charge is -2.63. The van der Waals surface area contributed by atoms with Crippen molar-refractivity contribution in [1.82, 2.24) is 19.9 Å². The van der Waals surface area contributed by atoms with E-state index in [-0.39, 0.29) is 21.7 Å². The van der Waals surface area contributed by atoms with Gasteiger partial charge in [0, 0.05) is 0 Å². The summed E-state index contributed by atoms with van der Waals surface area (Å²) in [6.07, 6.45) is 21.7. The molecule has 0 unspecified atom stereocenters. The van der Waals surface area contributed by atoms with Gasteiger partial charge in [-0.2, -0.15) is 0 Å². The van der Waals surface area contributed by atoms with Gasteiger partial charge in [0.1, 0.15) is 23.0 Å². The molecule has 0 N–H and O–H groups in total. The van der Waals surface area contributed by atoms with Gasteiger partial charge in [-0.1, -0.05) is 48.5 Å². The molecule has 6 aromatic rings. The molecular formula is C52H48N4O4. The highest BCUT2D eigenvalue weighted by Gasteiger charge is 2.60. The first-order valence-electron chi connectivity index (χ1n) is 22.1. The highest BCUT2D eigenvalue weighted by Crippen LogP contribution is 2.68. The van der Waals surface area contributed by atoms with Gasteiger partial charge in [0.15, 0.2) is 0 Å². The summed E-state index contributed by atoms with van der Waals surface area (Å²) >= 11 is 0. The average molecular weight is 793 g/mol. The smallest absolute Gasteiger partial charge is 0.238 e. The van der Waals surface area contributed by atoms with Crippen LogP contribution in [-0.2, 0) is 21.7 Å². The molecule has 300 valence electrons. The molecule has 60 heavy (non-hydrogen) atoms. The molecule has 8 fully saturated rings. The van der Waals surface area contributed by atoms with Gasteiger partial charge in [-0.3, -0.25) is 0 Å². The number of benzene rings is 4. The minimum atomic E-state index is 0.171. The van der Waals surface area contributed by atoms with E-state index in [4.69, 9.17) is 18.9 Å². The second-order valence-corrected chi connectivity index (χ2v) is 19.9. The van der Waals surface area contributed by atoms with E-state index in [1.807, 2.05) is 0 Å². The Morgan fingerprint density at radius 2 is 0.533 bits per heavy atom. The van der Waals surface area contributed by atoms with Crippen LogP contribution in [0, 0.1) is 23.7 Å². The molecule has 0 amide bonds. The molecule has 4 spiro atoms. The zero-order valence-electron chi connectivity index (χ0n) is 33.8. The Morgan fingerprint density at radius 1 is 0.317 bits per heavy atom. The Kier molecular flexibility index (Phi) is 7.52. The summed E-state index contributed by atoms with van der Waals surface area (Å²) in [5.74, 6) is 7.81. The van der Waals surface area contributed by atoms with Crippen LogP contribution in [0.15, 0.2) is 122 Å². The minimum absolute atomic E-state index is 0.171. The lowest BCUT2D eigenvalue weighted by Crippen LogP contribution is -2.55. The molecule has 4 aromatic carbocycles. The molecule has 0 radical (unpaired) electrons. The van der Waals surface area contributed by atoms with Crippen LogP contribution >= 0.6 is 0 Å². The van der Waals surface area contributed by atoms with Crippen LogP contribution in [0.4, 0.5) is 0 Å². The van der Waals surface area contributed by atoms with E-state index in [9.17, 15) is 0 Å². The molecule has 8 heteroatoms. The fourth-order valence-electron chi connectivity index (χ4n) is 14.7. The second-order valence-electron chi connectivity index (χ2n) is 19.9. The van der Waals surface area contributed by atoms with Gasteiger partial charge in [0.2, 0.25) is 23.5 Å². The Balaban J connectivity index is 0.825. The Bertz CT molecular complexity index is 2190. The van der Waals surface area contributed by atoms with E-state index >= 15 is 0 Å². The SMILES string of the molecule is c1cc2ccc1Oc1cnc(cn1)Oc1ccc(cc1)C13CC4CC(C1)CC(C4)(C3)c1ccc(cc1)Oc1cnc(cn1)Oc1ccc(cc1)C13CC4CC(CC2(C4)C1)C3. The van der Waals surface area contributed by atoms with Crippen LogP contribution in [0.1, 0.15) is 99.3 Å². The van der Waals surface area contributed by atoms with E-state index in [2.05, 4.69) is 117 Å². The van der Waals surface area contributed by atoms with E-state index in [0.29, 0.717) is 23.5 Å². The molecule has 8 aliphatic carbocycles. The summed E-state index contributed by atoms with van der Waals surface area (Å²) in [4.78, 5) is 18.3. The lowest BCUT2D eigenvalue weighted by molar-refractivity contribution is -0.0283. The summed E-state index contributed by atoms with van der Waals surface area (Å²) in [6, 6.07) is 35.2. The van der Waals surface area contributed by atoms with Gasteiger partial charge in [0.05, 0.1) is 24.8 Å². The third-order valence-electron chi connectivity index (χ3n) is 16.1. The van der Waals surface area contributed by atoms with Crippen LogP contribution in [0.5, 0.6) is 46.5 Å². The van der Waals surface area contributed by atoms with Gasteiger partial charge in [-0.05, 0) is 193 Å². The number of rotatable bonds is 0. The zero-order valence-corrected chi connectivity index (χ0v) is 33.8. The van der Waals surface area contributed by atoms with E-state index in [0.717, 1.165) is 46.7 Å². The molecule has 0 saturated heterocycles. The maximum atomic E-state index is 6.23. The molecule has 8 saturated carbocycles. The van der Waals surface area contributed by atoms with Crippen LogP contribution in [0.25, 0.3) is 0 Å². The Labute approximate surface area is 350 Å². The highest BCUT2D eigenvalue weighted by molar-refractivity contribution is 5.44. The monoisotopic (exact) mass is 792 g/mol. The molecule has 20 bridgehead atoms. The third kappa shape index (κ3) is 5.77. The van der Waals surface area contributed by atoms with Crippen molar-refractivity contribution in [3.05, 3.63) is 144 Å². The Hall–Kier alpha value is -5.76. The summed E-state index contributed by atoms with van der Waals surface area (Å²) in [5, 5.41) is 0. The maximum absolute atomic E-state index is 6.23. The van der Waals surface area contributed by atoms with E-state index in [1.54, 1.807) is 24.8 Å². The quantitative estimate of drug-likeness (QED) is 0.150. The van der Waals surface area contributed by atoms with Crippen molar-refractivity contribution >= 4 is 0 Å². The largest absolute Gasteiger partial charge is 0.438 e. The fraction of sp³-hybridized carbons (Fsp3) is 0.385. The van der Waals surface area contributed by atoms with Crippen LogP contribution in [0.3, 0.4) is 0 Å². The molecule has 2 aromatic heterocycles. The van der Waals surface area contributed by atoms with E-state index in [1.165, 1.54) is 99.3 Å². The molecular weight excluding hydrogens is 745 g/mol. The lowest BCUT2D eigenvalue weighted by atomic mass is 9.42. The summed E-state index contributed by atoms with van der Waals surface area (Å²) in [7, 11) is 0. The standard InChI is InChI=1S/C52H48N4O4/c1-9-41-10-2-37(1)49-19-33-17-34(20-49)22-50(21-33,31-49)38-3-11-42(12-4-38)59-47-29-56-48(30-55-47)60-44-15-7-40(8-16-44)52-25-35-18-36(26-52)24-51(23-35,32-52)39-5-13-43(14-6-39)58-46-28-53-45(57-41)27-54-46/h1-16,27-30,33-36H,17-26,31-32H2. The van der Waals surface area contributed by atoms with Gasteiger partial charge < -0.3 is 18.9 Å². The van der Waals surface area contributed by atoms with Crippen molar-refractivity contribution in [3.63, 3.8) is 0 Å². The summed E-state index contributed by atoms with van der Waals surface area (Å²) in [6.45, 7) is 0. The fourth-order valence-corrected chi connectivity index (χ4v) is 14.7. The predicted molar refractivity (Wildman–Crippen MR) is 226 cm³/mol. The van der Waals surface area contributed by atoms with Crippen LogP contribution < -0.4 is 18.9 Å². The van der Waals surface area contributed by atoms with Crippen molar-refractivity contribution in [2.24, 2.45) is 23.7 Å². The Morgan fingerprint density at radius 3 is 0.733 bits per heavy atom. The van der Waals surface area contributed by atoms with Gasteiger partial charge in [-0.15, -0.1) is 0 Å².